The Morgan fingerprint density at radius 1 is 1.44 bits per heavy atom. The standard InChI is InChI=1S/C10H15NO4S/c1-4-14-10(15-5-2)8-11-7(9(12)13)6(3)16-8/h10H,4-5H2,1-3H3,(H,12,13). The van der Waals surface area contributed by atoms with Gasteiger partial charge in [-0.2, -0.15) is 0 Å². The summed E-state index contributed by atoms with van der Waals surface area (Å²) in [5.74, 6) is -1.02. The first-order valence-corrected chi connectivity index (χ1v) is 5.85. The molecule has 16 heavy (non-hydrogen) atoms. The van der Waals surface area contributed by atoms with Crippen molar-refractivity contribution in [1.29, 1.82) is 0 Å². The monoisotopic (exact) mass is 245 g/mol. The minimum absolute atomic E-state index is 0.0735. The fourth-order valence-corrected chi connectivity index (χ4v) is 2.12. The first-order valence-electron chi connectivity index (χ1n) is 5.03. The molecule has 0 spiro atoms. The Bertz CT molecular complexity index is 358. The molecule has 0 atom stereocenters. The van der Waals surface area contributed by atoms with Gasteiger partial charge in [-0.15, -0.1) is 11.3 Å². The third kappa shape index (κ3) is 3.01. The van der Waals surface area contributed by atoms with Crippen molar-refractivity contribution in [3.8, 4) is 0 Å². The van der Waals surface area contributed by atoms with Crippen LogP contribution in [-0.4, -0.2) is 29.3 Å². The van der Waals surface area contributed by atoms with Crippen LogP contribution in [0.25, 0.3) is 0 Å². The molecule has 0 saturated heterocycles. The molecule has 1 aromatic rings. The zero-order chi connectivity index (χ0) is 12.1. The fourth-order valence-electron chi connectivity index (χ4n) is 1.21. The fraction of sp³-hybridized carbons (Fsp3) is 0.600. The number of carboxylic acids is 1. The molecule has 1 heterocycles. The van der Waals surface area contributed by atoms with E-state index < -0.39 is 12.3 Å². The van der Waals surface area contributed by atoms with E-state index >= 15 is 0 Å². The normalized spacial score (nSPS) is 11.0. The van der Waals surface area contributed by atoms with Crippen molar-refractivity contribution in [3.05, 3.63) is 15.6 Å². The Balaban J connectivity index is 2.92. The Labute approximate surface area is 98.0 Å². The van der Waals surface area contributed by atoms with Gasteiger partial charge in [0.05, 0.1) is 0 Å². The number of hydrogen-bond donors (Lipinski definition) is 1. The maximum absolute atomic E-state index is 10.8. The number of ether oxygens (including phenoxy) is 2. The summed E-state index contributed by atoms with van der Waals surface area (Å²) in [5.41, 5.74) is 0.0735. The Morgan fingerprint density at radius 3 is 2.38 bits per heavy atom. The highest BCUT2D eigenvalue weighted by Gasteiger charge is 2.21. The first-order chi connectivity index (χ1) is 7.60. The van der Waals surface area contributed by atoms with E-state index in [2.05, 4.69) is 4.98 Å². The van der Waals surface area contributed by atoms with E-state index in [-0.39, 0.29) is 5.69 Å². The van der Waals surface area contributed by atoms with Crippen molar-refractivity contribution in [3.63, 3.8) is 0 Å². The van der Waals surface area contributed by atoms with Gasteiger partial charge in [0.2, 0.25) is 6.29 Å². The van der Waals surface area contributed by atoms with Crippen molar-refractivity contribution < 1.29 is 19.4 Å². The minimum Gasteiger partial charge on any atom is -0.476 e. The maximum atomic E-state index is 10.8. The quantitative estimate of drug-likeness (QED) is 0.778. The molecule has 5 nitrogen and oxygen atoms in total. The molecule has 6 heteroatoms. The van der Waals surface area contributed by atoms with Crippen LogP contribution >= 0.6 is 11.3 Å². The summed E-state index contributed by atoms with van der Waals surface area (Å²) in [4.78, 5) is 15.5. The van der Waals surface area contributed by atoms with Crippen LogP contribution in [0.5, 0.6) is 0 Å². The molecule has 0 aliphatic carbocycles. The third-order valence-electron chi connectivity index (χ3n) is 1.85. The zero-order valence-electron chi connectivity index (χ0n) is 9.52. The van der Waals surface area contributed by atoms with Gasteiger partial charge in [-0.05, 0) is 20.8 Å². The lowest BCUT2D eigenvalue weighted by Crippen LogP contribution is -2.09. The second-order valence-electron chi connectivity index (χ2n) is 3.00. The second kappa shape index (κ2) is 5.93. The number of carboxylic acid groups (broad SMARTS) is 1. The number of nitrogens with zero attached hydrogens (tertiary/aromatic N) is 1. The van der Waals surface area contributed by atoms with Crippen LogP contribution in [0, 0.1) is 6.92 Å². The Morgan fingerprint density at radius 2 is 2.00 bits per heavy atom. The molecule has 1 N–H and O–H groups in total. The zero-order valence-corrected chi connectivity index (χ0v) is 10.3. The third-order valence-corrected chi connectivity index (χ3v) is 2.85. The van der Waals surface area contributed by atoms with Gasteiger partial charge in [0.1, 0.15) is 0 Å². The summed E-state index contributed by atoms with van der Waals surface area (Å²) in [6.45, 7) is 6.41. The number of carbonyl (C=O) groups is 1. The molecule has 0 amide bonds. The molecule has 90 valence electrons. The van der Waals surface area contributed by atoms with Gasteiger partial charge in [-0.1, -0.05) is 0 Å². The molecule has 0 radical (unpaired) electrons. The average molecular weight is 245 g/mol. The minimum atomic E-state index is -1.02. The molecule has 0 aliphatic heterocycles. The lowest BCUT2D eigenvalue weighted by molar-refractivity contribution is -0.140. The summed E-state index contributed by atoms with van der Waals surface area (Å²) < 4.78 is 10.7. The Hall–Kier alpha value is -0.980. The van der Waals surface area contributed by atoms with E-state index in [0.29, 0.717) is 23.1 Å². The first kappa shape index (κ1) is 13.1. The lowest BCUT2D eigenvalue weighted by atomic mass is 10.4. The van der Waals surface area contributed by atoms with Crippen LogP contribution in [0.2, 0.25) is 0 Å². The summed E-state index contributed by atoms with van der Waals surface area (Å²) in [5, 5.41) is 9.44. The van der Waals surface area contributed by atoms with E-state index in [1.165, 1.54) is 11.3 Å². The summed E-state index contributed by atoms with van der Waals surface area (Å²) >= 11 is 1.29. The molecular weight excluding hydrogens is 230 g/mol. The number of rotatable bonds is 6. The van der Waals surface area contributed by atoms with E-state index in [9.17, 15) is 4.79 Å². The van der Waals surface area contributed by atoms with Crippen LogP contribution in [0.1, 0.15) is 40.5 Å². The highest BCUT2D eigenvalue weighted by atomic mass is 32.1. The molecule has 1 aromatic heterocycles. The predicted molar refractivity (Wildman–Crippen MR) is 59.8 cm³/mol. The van der Waals surface area contributed by atoms with Crippen LogP contribution in [0.3, 0.4) is 0 Å². The lowest BCUT2D eigenvalue weighted by Gasteiger charge is -2.13. The number of thiazole rings is 1. The molecule has 0 aromatic carbocycles. The van der Waals surface area contributed by atoms with Gasteiger partial charge >= 0.3 is 5.97 Å². The van der Waals surface area contributed by atoms with E-state index in [1.54, 1.807) is 6.92 Å². The van der Waals surface area contributed by atoms with Crippen LogP contribution in [0.15, 0.2) is 0 Å². The summed E-state index contributed by atoms with van der Waals surface area (Å²) in [6, 6.07) is 0. The number of aryl methyl sites for hydroxylation is 1. The molecule has 0 aliphatic rings. The van der Waals surface area contributed by atoms with Gasteiger partial charge in [0.15, 0.2) is 10.7 Å². The van der Waals surface area contributed by atoms with Crippen LogP contribution in [0.4, 0.5) is 0 Å². The largest absolute Gasteiger partial charge is 0.476 e. The number of aromatic nitrogens is 1. The van der Waals surface area contributed by atoms with Gasteiger partial charge in [-0.25, -0.2) is 9.78 Å². The van der Waals surface area contributed by atoms with Crippen LogP contribution < -0.4 is 0 Å². The van der Waals surface area contributed by atoms with Crippen LogP contribution in [-0.2, 0) is 9.47 Å². The predicted octanol–water partition coefficient (Wildman–Crippen LogP) is 2.22. The number of hydrogen-bond acceptors (Lipinski definition) is 5. The van der Waals surface area contributed by atoms with Crippen molar-refractivity contribution in [2.75, 3.05) is 13.2 Å². The van der Waals surface area contributed by atoms with E-state index in [1.807, 2.05) is 13.8 Å². The van der Waals surface area contributed by atoms with E-state index in [0.717, 1.165) is 0 Å². The second-order valence-corrected chi connectivity index (χ2v) is 4.24. The average Bonchev–Trinajstić information content (AvgIpc) is 2.60. The molecule has 1 rings (SSSR count). The van der Waals surface area contributed by atoms with Crippen molar-refractivity contribution in [1.82, 2.24) is 4.98 Å². The van der Waals surface area contributed by atoms with Gasteiger partial charge < -0.3 is 14.6 Å². The summed E-state index contributed by atoms with van der Waals surface area (Å²) in [7, 11) is 0. The SMILES string of the molecule is CCOC(OCC)c1nc(C(=O)O)c(C)s1. The molecule has 0 saturated carbocycles. The maximum Gasteiger partial charge on any atom is 0.355 e. The highest BCUT2D eigenvalue weighted by Crippen LogP contribution is 2.26. The summed E-state index contributed by atoms with van der Waals surface area (Å²) in [6.07, 6.45) is -0.563. The van der Waals surface area contributed by atoms with Crippen molar-refractivity contribution in [2.45, 2.75) is 27.1 Å². The molecule has 0 bridgehead atoms. The van der Waals surface area contributed by atoms with Crippen molar-refractivity contribution >= 4 is 17.3 Å². The molecule has 0 fully saturated rings. The molecule has 0 unspecified atom stereocenters. The van der Waals surface area contributed by atoms with Crippen molar-refractivity contribution in [2.24, 2.45) is 0 Å². The van der Waals surface area contributed by atoms with E-state index in [4.69, 9.17) is 14.6 Å². The van der Waals surface area contributed by atoms with Gasteiger partial charge in [0.25, 0.3) is 0 Å². The smallest absolute Gasteiger partial charge is 0.355 e. The van der Waals surface area contributed by atoms with Gasteiger partial charge in [0, 0.05) is 18.1 Å². The van der Waals surface area contributed by atoms with Gasteiger partial charge in [-0.3, -0.25) is 0 Å². The topological polar surface area (TPSA) is 68.7 Å². The highest BCUT2D eigenvalue weighted by molar-refractivity contribution is 7.11. The number of aromatic carboxylic acids is 1. The Kier molecular flexibility index (Phi) is 4.85. The molecular formula is C10H15NO4S.